The third kappa shape index (κ3) is 8.79. The molecule has 0 saturated carbocycles. The van der Waals surface area contributed by atoms with Gasteiger partial charge in [0.2, 0.25) is 0 Å². The van der Waals surface area contributed by atoms with Gasteiger partial charge in [-0.3, -0.25) is 0 Å². The van der Waals surface area contributed by atoms with Crippen molar-refractivity contribution in [1.82, 2.24) is 0 Å². The lowest BCUT2D eigenvalue weighted by Crippen LogP contribution is -1.85. The van der Waals surface area contributed by atoms with E-state index < -0.39 is 0 Å². The van der Waals surface area contributed by atoms with Crippen molar-refractivity contribution in [3.63, 3.8) is 0 Å². The van der Waals surface area contributed by atoms with Crippen molar-refractivity contribution >= 4 is 0 Å². The summed E-state index contributed by atoms with van der Waals surface area (Å²) >= 11 is 0. The minimum atomic E-state index is -0.125. The second-order valence-electron chi connectivity index (χ2n) is 3.18. The number of hydrogen-bond acceptors (Lipinski definition) is 4. The molecule has 104 valence electrons. The number of para-hydroxylation sites is 2. The van der Waals surface area contributed by atoms with E-state index in [-0.39, 0.29) is 13.2 Å². The molecule has 2 aromatic carbocycles. The molecule has 19 heavy (non-hydrogen) atoms. The third-order valence-electron chi connectivity index (χ3n) is 1.82. The number of hydrogen-bond donors (Lipinski definition) is 3. The second kappa shape index (κ2) is 12.6. The van der Waals surface area contributed by atoms with Crippen molar-refractivity contribution in [2.45, 2.75) is 0 Å². The highest BCUT2D eigenvalue weighted by molar-refractivity contribution is 5.30. The molecule has 0 radical (unpaired) electrons. The Morgan fingerprint density at radius 3 is 1.26 bits per heavy atom. The normalized spacial score (nSPS) is 8.42. The van der Waals surface area contributed by atoms with Crippen LogP contribution in [0.25, 0.3) is 0 Å². The summed E-state index contributed by atoms with van der Waals surface area (Å²) in [7, 11) is 1.00. The quantitative estimate of drug-likeness (QED) is 0.793. The molecule has 0 aliphatic carbocycles. The number of ether oxygens (including phenoxy) is 1. The van der Waals surface area contributed by atoms with Crippen molar-refractivity contribution in [2.75, 3.05) is 20.3 Å². The van der Waals surface area contributed by atoms with Gasteiger partial charge in [0.05, 0.1) is 13.2 Å². The molecule has 0 heterocycles. The monoisotopic (exact) mass is 264 g/mol. The van der Waals surface area contributed by atoms with E-state index >= 15 is 0 Å². The highest BCUT2D eigenvalue weighted by Gasteiger charge is 1.92. The van der Waals surface area contributed by atoms with Crippen molar-refractivity contribution in [1.29, 1.82) is 0 Å². The van der Waals surface area contributed by atoms with Gasteiger partial charge in [-0.15, -0.1) is 0 Å². The van der Waals surface area contributed by atoms with Crippen molar-refractivity contribution in [3.8, 4) is 11.5 Å². The Morgan fingerprint density at radius 2 is 1.00 bits per heavy atom. The van der Waals surface area contributed by atoms with E-state index in [1.54, 1.807) is 0 Å². The number of benzene rings is 2. The van der Waals surface area contributed by atoms with Crippen LogP contribution in [0, 0.1) is 0 Å². The van der Waals surface area contributed by atoms with E-state index in [2.05, 4.69) is 0 Å². The van der Waals surface area contributed by atoms with E-state index in [9.17, 15) is 0 Å². The number of aliphatic hydroxyl groups is 3. The SMILES string of the molecule is CO.OCCO.c1ccc(Oc2ccccc2)cc1. The molecule has 0 bridgehead atoms. The van der Waals surface area contributed by atoms with Gasteiger partial charge in [-0.1, -0.05) is 36.4 Å². The Bertz CT molecular complexity index is 350. The first-order valence-corrected chi connectivity index (χ1v) is 5.81. The Balaban J connectivity index is 0.000000467. The second-order valence-corrected chi connectivity index (χ2v) is 3.18. The molecule has 2 aromatic rings. The van der Waals surface area contributed by atoms with Crippen LogP contribution in [-0.2, 0) is 0 Å². The Hall–Kier alpha value is -1.88. The van der Waals surface area contributed by atoms with Gasteiger partial charge in [0, 0.05) is 7.11 Å². The third-order valence-corrected chi connectivity index (χ3v) is 1.82. The predicted octanol–water partition coefficient (Wildman–Crippen LogP) is 2.06. The van der Waals surface area contributed by atoms with E-state index in [4.69, 9.17) is 20.1 Å². The lowest BCUT2D eigenvalue weighted by atomic mass is 10.3. The molecule has 0 spiro atoms. The van der Waals surface area contributed by atoms with E-state index in [0.717, 1.165) is 18.6 Å². The van der Waals surface area contributed by atoms with Crippen LogP contribution in [-0.4, -0.2) is 35.6 Å². The topological polar surface area (TPSA) is 69.9 Å². The minimum Gasteiger partial charge on any atom is -0.457 e. The largest absolute Gasteiger partial charge is 0.457 e. The molecule has 2 rings (SSSR count). The summed E-state index contributed by atoms with van der Waals surface area (Å²) in [5, 5.41) is 22.2. The fourth-order valence-corrected chi connectivity index (χ4v) is 1.11. The van der Waals surface area contributed by atoms with Crippen LogP contribution in [0.3, 0.4) is 0 Å². The predicted molar refractivity (Wildman–Crippen MR) is 75.3 cm³/mol. The molecule has 0 fully saturated rings. The van der Waals surface area contributed by atoms with Gasteiger partial charge < -0.3 is 20.1 Å². The van der Waals surface area contributed by atoms with E-state index in [0.29, 0.717) is 0 Å². The first-order chi connectivity index (χ1) is 9.36. The number of aliphatic hydroxyl groups excluding tert-OH is 3. The first-order valence-electron chi connectivity index (χ1n) is 5.81. The average Bonchev–Trinajstić information content (AvgIpc) is 2.52. The average molecular weight is 264 g/mol. The zero-order chi connectivity index (χ0) is 14.3. The standard InChI is InChI=1S/C12H10O.C2H6O2.CH4O/c1-3-7-11(8-4-1)13-12-9-5-2-6-10-12;3-1-2-4;1-2/h1-10H;3-4H,1-2H2;2H,1H3. The van der Waals surface area contributed by atoms with Crippen LogP contribution in [0.5, 0.6) is 11.5 Å². The minimum absolute atomic E-state index is 0.125. The highest BCUT2D eigenvalue weighted by atomic mass is 16.5. The lowest BCUT2D eigenvalue weighted by molar-refractivity contribution is 0.186. The van der Waals surface area contributed by atoms with Gasteiger partial charge in [0.25, 0.3) is 0 Å². The summed E-state index contributed by atoms with van der Waals surface area (Å²) in [6.07, 6.45) is 0. The van der Waals surface area contributed by atoms with Gasteiger partial charge in [-0.25, -0.2) is 0 Å². The maximum Gasteiger partial charge on any atom is 0.127 e. The zero-order valence-corrected chi connectivity index (χ0v) is 10.9. The van der Waals surface area contributed by atoms with E-state index in [1.165, 1.54) is 0 Å². The fourth-order valence-electron chi connectivity index (χ4n) is 1.11. The summed E-state index contributed by atoms with van der Waals surface area (Å²) in [6, 6.07) is 19.5. The molecule has 0 unspecified atom stereocenters. The van der Waals surface area contributed by atoms with Gasteiger partial charge in [0.1, 0.15) is 11.5 Å². The van der Waals surface area contributed by atoms with Gasteiger partial charge in [-0.05, 0) is 24.3 Å². The molecule has 4 nitrogen and oxygen atoms in total. The molecule has 0 aliphatic rings. The van der Waals surface area contributed by atoms with Crippen molar-refractivity contribution in [3.05, 3.63) is 60.7 Å². The number of rotatable bonds is 3. The van der Waals surface area contributed by atoms with Gasteiger partial charge >= 0.3 is 0 Å². The zero-order valence-electron chi connectivity index (χ0n) is 10.9. The molecule has 0 atom stereocenters. The highest BCUT2D eigenvalue weighted by Crippen LogP contribution is 2.19. The first kappa shape index (κ1) is 17.1. The Labute approximate surface area is 113 Å². The van der Waals surface area contributed by atoms with Crippen LogP contribution in [0.2, 0.25) is 0 Å². The van der Waals surface area contributed by atoms with Crippen LogP contribution < -0.4 is 4.74 Å². The summed E-state index contributed by atoms with van der Waals surface area (Å²) in [5.74, 6) is 1.74. The molecular weight excluding hydrogens is 244 g/mol. The molecular formula is C15H20O4. The summed E-state index contributed by atoms with van der Waals surface area (Å²) < 4.78 is 5.58. The summed E-state index contributed by atoms with van der Waals surface area (Å²) in [4.78, 5) is 0. The van der Waals surface area contributed by atoms with Crippen LogP contribution in [0.4, 0.5) is 0 Å². The molecule has 0 aromatic heterocycles. The van der Waals surface area contributed by atoms with Crippen molar-refractivity contribution in [2.24, 2.45) is 0 Å². The smallest absolute Gasteiger partial charge is 0.127 e. The Morgan fingerprint density at radius 1 is 0.684 bits per heavy atom. The molecule has 4 heteroatoms. The Kier molecular flexibility index (Phi) is 11.3. The summed E-state index contributed by atoms with van der Waals surface area (Å²) in [5.41, 5.74) is 0. The van der Waals surface area contributed by atoms with Gasteiger partial charge in [-0.2, -0.15) is 0 Å². The van der Waals surface area contributed by atoms with Crippen LogP contribution >= 0.6 is 0 Å². The van der Waals surface area contributed by atoms with Gasteiger partial charge in [0.15, 0.2) is 0 Å². The molecule has 3 N–H and O–H groups in total. The van der Waals surface area contributed by atoms with Crippen molar-refractivity contribution < 1.29 is 20.1 Å². The van der Waals surface area contributed by atoms with Crippen LogP contribution in [0.15, 0.2) is 60.7 Å². The lowest BCUT2D eigenvalue weighted by Gasteiger charge is -2.03. The molecule has 0 saturated heterocycles. The van der Waals surface area contributed by atoms with Crippen LogP contribution in [0.1, 0.15) is 0 Å². The fraction of sp³-hybridized carbons (Fsp3) is 0.200. The molecule has 0 amide bonds. The summed E-state index contributed by atoms with van der Waals surface area (Å²) in [6.45, 7) is -0.250. The maximum absolute atomic E-state index is 7.62. The maximum atomic E-state index is 7.62. The van der Waals surface area contributed by atoms with E-state index in [1.807, 2.05) is 60.7 Å². The molecule has 0 aliphatic heterocycles.